The number of amides is 1. The normalized spacial score (nSPS) is 20.7. The Kier molecular flexibility index (Phi) is 4.58. The highest BCUT2D eigenvalue weighted by atomic mass is 35.5. The van der Waals surface area contributed by atoms with E-state index >= 15 is 0 Å². The fourth-order valence-corrected chi connectivity index (χ4v) is 2.24. The monoisotopic (exact) mass is 268 g/mol. The standard InChI is InChI=1S/C13H17ClN2O2/c14-10-3-5-11(6-4-10)15-13(18)9-16-7-1-2-12(17)8-16/h3-6,12,17H,1-2,7-9H2,(H,15,18)/t12-/m1/s1. The second-order valence-corrected chi connectivity index (χ2v) is 5.02. The van der Waals surface area contributed by atoms with Gasteiger partial charge in [-0.05, 0) is 43.7 Å². The van der Waals surface area contributed by atoms with Gasteiger partial charge >= 0.3 is 0 Å². The minimum atomic E-state index is -0.304. The van der Waals surface area contributed by atoms with Gasteiger partial charge in [-0.2, -0.15) is 0 Å². The summed E-state index contributed by atoms with van der Waals surface area (Å²) in [4.78, 5) is 13.8. The maximum Gasteiger partial charge on any atom is 0.238 e. The van der Waals surface area contributed by atoms with E-state index < -0.39 is 0 Å². The van der Waals surface area contributed by atoms with Gasteiger partial charge in [-0.15, -0.1) is 0 Å². The molecule has 4 nitrogen and oxygen atoms in total. The average Bonchev–Trinajstić information content (AvgIpc) is 2.32. The maximum atomic E-state index is 11.8. The van der Waals surface area contributed by atoms with Gasteiger partial charge in [0.25, 0.3) is 0 Å². The number of anilines is 1. The number of carbonyl (C=O) groups excluding carboxylic acids is 1. The molecule has 18 heavy (non-hydrogen) atoms. The third-order valence-corrected chi connectivity index (χ3v) is 3.23. The first kappa shape index (κ1) is 13.3. The van der Waals surface area contributed by atoms with E-state index in [0.29, 0.717) is 18.1 Å². The average molecular weight is 269 g/mol. The molecule has 1 heterocycles. The van der Waals surface area contributed by atoms with Gasteiger partial charge in [-0.1, -0.05) is 11.6 Å². The Hall–Kier alpha value is -1.10. The number of halogens is 1. The Labute approximate surface area is 112 Å². The quantitative estimate of drug-likeness (QED) is 0.878. The van der Waals surface area contributed by atoms with Crippen molar-refractivity contribution < 1.29 is 9.90 Å². The molecule has 1 aromatic carbocycles. The fraction of sp³-hybridized carbons (Fsp3) is 0.462. The van der Waals surface area contributed by atoms with Crippen LogP contribution in [0.3, 0.4) is 0 Å². The van der Waals surface area contributed by atoms with Crippen molar-refractivity contribution in [1.29, 1.82) is 0 Å². The van der Waals surface area contributed by atoms with Crippen molar-refractivity contribution in [1.82, 2.24) is 4.90 Å². The number of aliphatic hydroxyl groups is 1. The minimum absolute atomic E-state index is 0.0635. The summed E-state index contributed by atoms with van der Waals surface area (Å²) in [5.41, 5.74) is 0.738. The molecule has 1 aromatic rings. The van der Waals surface area contributed by atoms with Gasteiger partial charge in [0, 0.05) is 17.3 Å². The molecule has 1 saturated heterocycles. The molecule has 0 bridgehead atoms. The number of benzene rings is 1. The molecule has 0 aromatic heterocycles. The molecular weight excluding hydrogens is 252 g/mol. The molecular formula is C13H17ClN2O2. The number of nitrogens with zero attached hydrogens (tertiary/aromatic N) is 1. The van der Waals surface area contributed by atoms with Crippen LogP contribution in [0.1, 0.15) is 12.8 Å². The van der Waals surface area contributed by atoms with Gasteiger partial charge in [-0.3, -0.25) is 9.69 Å². The molecule has 1 aliphatic rings. The Morgan fingerprint density at radius 1 is 1.44 bits per heavy atom. The van der Waals surface area contributed by atoms with E-state index in [1.807, 2.05) is 4.90 Å². The first-order chi connectivity index (χ1) is 8.63. The van der Waals surface area contributed by atoms with Gasteiger partial charge in [-0.25, -0.2) is 0 Å². The molecule has 5 heteroatoms. The molecule has 2 N–H and O–H groups in total. The highest BCUT2D eigenvalue weighted by molar-refractivity contribution is 6.30. The molecule has 0 saturated carbocycles. The molecule has 1 amide bonds. The van der Waals surface area contributed by atoms with Crippen LogP contribution in [0.5, 0.6) is 0 Å². The van der Waals surface area contributed by atoms with Crippen molar-refractivity contribution in [3.05, 3.63) is 29.3 Å². The molecule has 0 spiro atoms. The van der Waals surface area contributed by atoms with Crippen molar-refractivity contribution >= 4 is 23.2 Å². The summed E-state index contributed by atoms with van der Waals surface area (Å²) >= 11 is 5.77. The van der Waals surface area contributed by atoms with Gasteiger partial charge < -0.3 is 10.4 Å². The van der Waals surface area contributed by atoms with E-state index in [1.165, 1.54) is 0 Å². The molecule has 1 fully saturated rings. The molecule has 1 aliphatic heterocycles. The SMILES string of the molecule is O=C(CN1CCC[C@@H](O)C1)Nc1ccc(Cl)cc1. The molecule has 0 aliphatic carbocycles. The van der Waals surface area contributed by atoms with E-state index in [1.54, 1.807) is 24.3 Å². The van der Waals surface area contributed by atoms with E-state index in [4.69, 9.17) is 11.6 Å². The first-order valence-electron chi connectivity index (χ1n) is 6.09. The molecule has 0 unspecified atom stereocenters. The summed E-state index contributed by atoms with van der Waals surface area (Å²) in [5.74, 6) is -0.0635. The Balaban J connectivity index is 1.83. The maximum absolute atomic E-state index is 11.8. The number of hydrogen-bond donors (Lipinski definition) is 2. The van der Waals surface area contributed by atoms with Crippen molar-refractivity contribution in [2.45, 2.75) is 18.9 Å². The molecule has 2 rings (SSSR count). The summed E-state index contributed by atoms with van der Waals surface area (Å²) in [6.07, 6.45) is 1.46. The van der Waals surface area contributed by atoms with Crippen LogP contribution in [0, 0.1) is 0 Å². The van der Waals surface area contributed by atoms with Crippen LogP contribution in [-0.2, 0) is 4.79 Å². The zero-order chi connectivity index (χ0) is 13.0. The second kappa shape index (κ2) is 6.18. The summed E-state index contributed by atoms with van der Waals surface area (Å²) in [6.45, 7) is 1.76. The zero-order valence-corrected chi connectivity index (χ0v) is 10.9. The van der Waals surface area contributed by atoms with Crippen LogP contribution in [0.2, 0.25) is 5.02 Å². The first-order valence-corrected chi connectivity index (χ1v) is 6.47. The van der Waals surface area contributed by atoms with Gasteiger partial charge in [0.2, 0.25) is 5.91 Å². The third-order valence-electron chi connectivity index (χ3n) is 2.98. The topological polar surface area (TPSA) is 52.6 Å². The number of likely N-dealkylation sites (tertiary alicyclic amines) is 1. The Morgan fingerprint density at radius 3 is 2.83 bits per heavy atom. The second-order valence-electron chi connectivity index (χ2n) is 4.59. The number of hydrogen-bond acceptors (Lipinski definition) is 3. The number of carbonyl (C=O) groups is 1. The van der Waals surface area contributed by atoms with Crippen LogP contribution in [-0.4, -0.2) is 41.7 Å². The van der Waals surface area contributed by atoms with Crippen LogP contribution in [0.4, 0.5) is 5.69 Å². The summed E-state index contributed by atoms with van der Waals surface area (Å²) in [7, 11) is 0. The predicted molar refractivity (Wildman–Crippen MR) is 71.8 cm³/mol. The summed E-state index contributed by atoms with van der Waals surface area (Å²) in [6, 6.07) is 7.01. The van der Waals surface area contributed by atoms with Crippen molar-refractivity contribution in [2.24, 2.45) is 0 Å². The number of nitrogens with one attached hydrogen (secondary N) is 1. The molecule has 0 radical (unpaired) electrons. The van der Waals surface area contributed by atoms with Crippen LogP contribution >= 0.6 is 11.6 Å². The fourth-order valence-electron chi connectivity index (χ4n) is 2.11. The van der Waals surface area contributed by atoms with Crippen molar-refractivity contribution in [2.75, 3.05) is 25.0 Å². The lowest BCUT2D eigenvalue weighted by Crippen LogP contribution is -2.42. The summed E-state index contributed by atoms with van der Waals surface area (Å²) in [5, 5.41) is 13.0. The minimum Gasteiger partial charge on any atom is -0.392 e. The number of aliphatic hydroxyl groups excluding tert-OH is 1. The van der Waals surface area contributed by atoms with Gasteiger partial charge in [0.15, 0.2) is 0 Å². The molecule has 1 atom stereocenters. The lowest BCUT2D eigenvalue weighted by molar-refractivity contribution is -0.118. The zero-order valence-electron chi connectivity index (χ0n) is 10.1. The van der Waals surface area contributed by atoms with Crippen molar-refractivity contribution in [3.63, 3.8) is 0 Å². The number of piperidine rings is 1. The Bertz CT molecular complexity index is 408. The number of β-amino-alcohol motifs (C(OH)–C–C–N with tert-alkyl or cyclic N) is 1. The van der Waals surface area contributed by atoms with Crippen LogP contribution < -0.4 is 5.32 Å². The summed E-state index contributed by atoms with van der Waals surface area (Å²) < 4.78 is 0. The van der Waals surface area contributed by atoms with E-state index in [0.717, 1.165) is 25.1 Å². The highest BCUT2D eigenvalue weighted by Crippen LogP contribution is 2.14. The lowest BCUT2D eigenvalue weighted by Gasteiger charge is -2.29. The Morgan fingerprint density at radius 2 is 2.17 bits per heavy atom. The van der Waals surface area contributed by atoms with Gasteiger partial charge in [0.05, 0.1) is 12.6 Å². The highest BCUT2D eigenvalue weighted by Gasteiger charge is 2.19. The number of rotatable bonds is 3. The van der Waals surface area contributed by atoms with E-state index in [2.05, 4.69) is 5.32 Å². The largest absolute Gasteiger partial charge is 0.392 e. The van der Waals surface area contributed by atoms with E-state index in [9.17, 15) is 9.90 Å². The molecule has 98 valence electrons. The van der Waals surface area contributed by atoms with E-state index in [-0.39, 0.29) is 12.0 Å². The van der Waals surface area contributed by atoms with Crippen LogP contribution in [0.25, 0.3) is 0 Å². The van der Waals surface area contributed by atoms with Crippen molar-refractivity contribution in [3.8, 4) is 0 Å². The smallest absolute Gasteiger partial charge is 0.238 e. The lowest BCUT2D eigenvalue weighted by atomic mass is 10.1. The third kappa shape index (κ3) is 3.98. The van der Waals surface area contributed by atoms with Gasteiger partial charge in [0.1, 0.15) is 0 Å². The predicted octanol–water partition coefficient (Wildman–Crippen LogP) is 1.74. The van der Waals surface area contributed by atoms with Crippen LogP contribution in [0.15, 0.2) is 24.3 Å².